The van der Waals surface area contributed by atoms with Crippen LogP contribution < -0.4 is 5.32 Å². The highest BCUT2D eigenvalue weighted by atomic mass is 31.2. The summed E-state index contributed by atoms with van der Waals surface area (Å²) in [6, 6.07) is 0.278. The third kappa shape index (κ3) is 87.1. The third-order valence-electron chi connectivity index (χ3n) is 19.2. The summed E-state index contributed by atoms with van der Waals surface area (Å²) in [5.74, 6) is -0.769. The van der Waals surface area contributed by atoms with E-state index in [-0.39, 0.29) is 63.0 Å². The Balaban J connectivity index is 0. The lowest BCUT2D eigenvalue weighted by Gasteiger charge is -2.22. The van der Waals surface area contributed by atoms with Crippen molar-refractivity contribution >= 4 is 39.1 Å². The van der Waals surface area contributed by atoms with Gasteiger partial charge < -0.3 is 37.8 Å². The maximum Gasteiger partial charge on any atom is 0.328 e. The molecule has 0 amide bonds. The van der Waals surface area contributed by atoms with Gasteiger partial charge in [0.05, 0.1) is 19.8 Å². The number of ether oxygens (including phenoxy) is 4. The van der Waals surface area contributed by atoms with Crippen LogP contribution in [0.1, 0.15) is 428 Å². The molecule has 3 atom stereocenters. The highest BCUT2D eigenvalue weighted by Crippen LogP contribution is 2.46. The second-order valence-corrected chi connectivity index (χ2v) is 35.4. The first kappa shape index (κ1) is 107. The second-order valence-electron chi connectivity index (χ2n) is 31.4. The number of carbonyl (C=O) groups is 4. The number of hydrogen-bond acceptors (Lipinski definition) is 15. The topological polar surface area (TPSA) is 188 Å². The lowest BCUT2D eigenvalue weighted by atomic mass is 10.1. The predicted octanol–water partition coefficient (Wildman–Crippen LogP) is 28.2. The Morgan fingerprint density at radius 1 is 0.306 bits per heavy atom. The summed E-state index contributed by atoms with van der Waals surface area (Å²) in [5.41, 5.74) is 0. The summed E-state index contributed by atoms with van der Waals surface area (Å²) >= 11 is 0. The van der Waals surface area contributed by atoms with Gasteiger partial charge in [-0.3, -0.25) is 32.8 Å². The van der Waals surface area contributed by atoms with Crippen LogP contribution in [0.4, 0.5) is 0 Å². The molecule has 0 aliphatic heterocycles. The third-order valence-corrected chi connectivity index (χ3v) is 21.8. The van der Waals surface area contributed by atoms with Gasteiger partial charge in [-0.1, -0.05) is 309 Å². The molecular weight excluding hydrogens is 1390 g/mol. The molecule has 15 nitrogen and oxygen atoms in total. The van der Waals surface area contributed by atoms with E-state index in [9.17, 15) is 28.3 Å². The molecule has 0 bridgehead atoms. The normalized spacial score (nSPS) is 13.3. The summed E-state index contributed by atoms with van der Waals surface area (Å²) in [7, 11) is -6.81. The van der Waals surface area contributed by atoms with Crippen LogP contribution in [0.2, 0.25) is 0 Å². The van der Waals surface area contributed by atoms with Crippen LogP contribution in [0.15, 0.2) is 48.6 Å². The molecular formula is C91H173NO14P2. The summed E-state index contributed by atoms with van der Waals surface area (Å²) in [6.45, 7) is 20.7. The van der Waals surface area contributed by atoms with E-state index in [1.807, 2.05) is 13.8 Å². The van der Waals surface area contributed by atoms with Crippen LogP contribution >= 0.6 is 15.2 Å². The fourth-order valence-electron chi connectivity index (χ4n) is 12.4. The van der Waals surface area contributed by atoms with E-state index in [4.69, 9.17) is 37.0 Å². The summed E-state index contributed by atoms with van der Waals surface area (Å²) < 4.78 is 70.5. The van der Waals surface area contributed by atoms with E-state index in [1.165, 1.54) is 225 Å². The minimum Gasteiger partial charge on any atom is -0.463 e. The van der Waals surface area contributed by atoms with Crippen LogP contribution in [0, 0.1) is 5.92 Å². The highest BCUT2D eigenvalue weighted by molar-refractivity contribution is 7.53. The van der Waals surface area contributed by atoms with Crippen LogP contribution in [0.25, 0.3) is 0 Å². The van der Waals surface area contributed by atoms with E-state index >= 15 is 0 Å². The van der Waals surface area contributed by atoms with Gasteiger partial charge in [-0.15, -0.1) is 0 Å². The maximum atomic E-state index is 13.1. The fraction of sp³-hybridized carbons (Fsp3) is 0.868. The van der Waals surface area contributed by atoms with Gasteiger partial charge >= 0.3 is 39.1 Å². The van der Waals surface area contributed by atoms with Crippen LogP contribution in [-0.2, 0) is 65.4 Å². The molecule has 0 fully saturated rings. The first-order valence-electron chi connectivity index (χ1n) is 45.2. The SMILES string of the molecule is CCCCCCCC/C=C\CCCCCCCC(=O)OCC(COC(=O)CCCCCCC/C=C\CCCCCCCC)OP(C)(=O)OCCNC(C)C.CCCCCCCC/C=C\CCCCCCCC(=O)OCC(COP(C)(=O)OCCCC(C)C)OC(=O)CCCCCCC/C=C\CCCCCCCC. The Labute approximate surface area is 666 Å². The lowest BCUT2D eigenvalue weighted by molar-refractivity contribution is -0.161. The second kappa shape index (κ2) is 83.5. The van der Waals surface area contributed by atoms with Crippen LogP contribution in [-0.4, -0.2) is 102 Å². The number of hydrogen-bond donors (Lipinski definition) is 1. The van der Waals surface area contributed by atoms with Crippen LogP contribution in [0.3, 0.4) is 0 Å². The quantitative estimate of drug-likeness (QED) is 0.0199. The molecule has 0 aliphatic carbocycles. The first-order chi connectivity index (χ1) is 52.4. The average molecular weight is 1570 g/mol. The number of allylic oxidation sites excluding steroid dienone is 8. The smallest absolute Gasteiger partial charge is 0.328 e. The number of esters is 4. The van der Waals surface area contributed by atoms with Crippen molar-refractivity contribution in [3.05, 3.63) is 48.6 Å². The largest absolute Gasteiger partial charge is 0.463 e. The molecule has 0 aromatic carbocycles. The molecule has 0 aromatic heterocycles. The summed E-state index contributed by atoms with van der Waals surface area (Å²) in [4.78, 5) is 50.3. The molecule has 636 valence electrons. The van der Waals surface area contributed by atoms with E-state index in [1.54, 1.807) is 0 Å². The first-order valence-corrected chi connectivity index (χ1v) is 49.1. The molecule has 17 heteroatoms. The molecule has 0 rings (SSSR count). The zero-order valence-corrected chi connectivity index (χ0v) is 73.8. The molecule has 0 aliphatic rings. The molecule has 0 heterocycles. The van der Waals surface area contributed by atoms with Crippen LogP contribution in [0.5, 0.6) is 0 Å². The molecule has 0 saturated heterocycles. The van der Waals surface area contributed by atoms with Crippen molar-refractivity contribution in [3.63, 3.8) is 0 Å². The van der Waals surface area contributed by atoms with Gasteiger partial charge in [0.25, 0.3) is 0 Å². The van der Waals surface area contributed by atoms with E-state index in [0.29, 0.717) is 44.8 Å². The van der Waals surface area contributed by atoms with E-state index < -0.39 is 27.4 Å². The number of nitrogens with one attached hydrogen (secondary N) is 1. The van der Waals surface area contributed by atoms with Crippen molar-refractivity contribution in [2.24, 2.45) is 5.92 Å². The van der Waals surface area contributed by atoms with E-state index in [0.717, 1.165) is 135 Å². The Morgan fingerprint density at radius 3 is 0.870 bits per heavy atom. The molecule has 0 saturated carbocycles. The minimum absolute atomic E-state index is 0.116. The standard InChI is InChI=1S/C46H87O7P.C45H86NO7P/c1-6-8-10-12-14-16-18-20-22-24-26-28-30-32-34-38-45(47)50-41-44(42-52-54(5,49)51-40-36-37-43(3)4)53-46(48)39-35-33-31-29-27-25-23-21-19-17-15-13-11-9-7-2;1-6-8-10-12-14-16-18-20-22-24-26-28-30-32-34-36-44(47)50-40-43(53-54(5,49)52-39-38-46-42(3)4)41-51-45(48)37-35-33-31-29-27-25-23-21-19-17-15-13-11-9-7-2/h20-23,43-44H,6-19,24-42H2,1-5H3;20-23,42-43,46H,6-19,24-41H2,1-5H3/b2*22-20-,23-21-. The average Bonchev–Trinajstić information content (AvgIpc) is 0.889. The Morgan fingerprint density at radius 2 is 0.574 bits per heavy atom. The molecule has 0 aromatic rings. The molecule has 1 N–H and O–H groups in total. The minimum atomic E-state index is -3.47. The molecule has 0 radical (unpaired) electrons. The molecule has 108 heavy (non-hydrogen) atoms. The van der Waals surface area contributed by atoms with Crippen molar-refractivity contribution in [1.82, 2.24) is 5.32 Å². The maximum absolute atomic E-state index is 13.1. The zero-order chi connectivity index (χ0) is 79.6. The van der Waals surface area contributed by atoms with Gasteiger partial charge in [-0.05, 0) is 147 Å². The monoisotopic (exact) mass is 1570 g/mol. The van der Waals surface area contributed by atoms with E-state index in [2.05, 4.69) is 95.5 Å². The molecule has 3 unspecified atom stereocenters. The van der Waals surface area contributed by atoms with Gasteiger partial charge in [0.1, 0.15) is 25.9 Å². The summed E-state index contributed by atoms with van der Waals surface area (Å²) in [6.07, 6.45) is 82.2. The van der Waals surface area contributed by atoms with Gasteiger partial charge in [0.2, 0.25) is 0 Å². The molecule has 0 spiro atoms. The van der Waals surface area contributed by atoms with Gasteiger partial charge in [-0.25, -0.2) is 0 Å². The van der Waals surface area contributed by atoms with Crippen molar-refractivity contribution < 1.29 is 65.4 Å². The Hall–Kier alpha value is -2.90. The highest BCUT2D eigenvalue weighted by Gasteiger charge is 2.27. The number of rotatable bonds is 82. The fourth-order valence-corrected chi connectivity index (χ4v) is 14.6. The summed E-state index contributed by atoms with van der Waals surface area (Å²) in [5, 5.41) is 3.21. The number of unbranched alkanes of at least 4 members (excludes halogenated alkanes) is 44. The Bertz CT molecular complexity index is 2150. The zero-order valence-electron chi connectivity index (χ0n) is 72.0. The van der Waals surface area contributed by atoms with Crippen molar-refractivity contribution in [3.8, 4) is 0 Å². The number of carbonyl (C=O) groups excluding carboxylic acids is 4. The van der Waals surface area contributed by atoms with Crippen molar-refractivity contribution in [2.75, 3.05) is 59.5 Å². The predicted molar refractivity (Wildman–Crippen MR) is 458 cm³/mol. The van der Waals surface area contributed by atoms with Crippen molar-refractivity contribution in [1.29, 1.82) is 0 Å². The van der Waals surface area contributed by atoms with Gasteiger partial charge in [-0.2, -0.15) is 0 Å². The lowest BCUT2D eigenvalue weighted by Crippen LogP contribution is -2.29. The van der Waals surface area contributed by atoms with Gasteiger partial charge in [0.15, 0.2) is 6.10 Å². The van der Waals surface area contributed by atoms with Gasteiger partial charge in [0, 0.05) is 51.6 Å². The Kier molecular flexibility index (Phi) is 82.9. The van der Waals surface area contributed by atoms with Crippen molar-refractivity contribution in [2.45, 2.75) is 446 Å².